The van der Waals surface area contributed by atoms with Crippen molar-refractivity contribution in [3.63, 3.8) is 0 Å². The van der Waals surface area contributed by atoms with Crippen LogP contribution >= 0.6 is 23.3 Å². The molecular formula is C13H17N3OS2. The summed E-state index contributed by atoms with van der Waals surface area (Å²) >= 11 is 3.08. The lowest BCUT2D eigenvalue weighted by Gasteiger charge is -2.32. The summed E-state index contributed by atoms with van der Waals surface area (Å²) in [7, 11) is 1.89. The molecule has 0 saturated carbocycles. The van der Waals surface area contributed by atoms with E-state index in [1.54, 1.807) is 18.1 Å². The number of aliphatic hydroxyl groups excluding tert-OH is 1. The van der Waals surface area contributed by atoms with Crippen LogP contribution in [-0.2, 0) is 5.54 Å². The van der Waals surface area contributed by atoms with Crippen molar-refractivity contribution in [3.8, 4) is 0 Å². The van der Waals surface area contributed by atoms with E-state index in [-0.39, 0.29) is 12.1 Å². The highest BCUT2D eigenvalue weighted by Gasteiger charge is 2.29. The Balaban J connectivity index is 2.03. The zero-order valence-electron chi connectivity index (χ0n) is 10.7. The van der Waals surface area contributed by atoms with Crippen LogP contribution in [0.5, 0.6) is 0 Å². The third-order valence-corrected chi connectivity index (χ3v) is 4.97. The van der Waals surface area contributed by atoms with Gasteiger partial charge in [0, 0.05) is 5.75 Å². The molecule has 1 aromatic carbocycles. The molecule has 19 heavy (non-hydrogen) atoms. The van der Waals surface area contributed by atoms with Crippen molar-refractivity contribution >= 4 is 23.3 Å². The van der Waals surface area contributed by atoms with Crippen molar-refractivity contribution in [1.29, 1.82) is 0 Å². The lowest BCUT2D eigenvalue weighted by molar-refractivity contribution is 0.165. The minimum atomic E-state index is -0.390. The molecule has 0 aliphatic heterocycles. The Labute approximate surface area is 121 Å². The van der Waals surface area contributed by atoms with Crippen molar-refractivity contribution in [2.45, 2.75) is 16.3 Å². The van der Waals surface area contributed by atoms with Gasteiger partial charge in [-0.15, -0.1) is 0 Å². The number of rotatable bonds is 7. The molecule has 0 radical (unpaired) electrons. The third kappa shape index (κ3) is 3.54. The van der Waals surface area contributed by atoms with Crippen LogP contribution in [0.25, 0.3) is 0 Å². The number of nitrogens with one attached hydrogen (secondary N) is 1. The fourth-order valence-electron chi connectivity index (χ4n) is 1.96. The first kappa shape index (κ1) is 14.5. The first-order chi connectivity index (χ1) is 9.30. The molecule has 0 spiro atoms. The number of aliphatic hydroxyl groups is 1. The van der Waals surface area contributed by atoms with E-state index in [9.17, 15) is 5.11 Å². The average molecular weight is 295 g/mol. The average Bonchev–Trinajstić information content (AvgIpc) is 2.98. The van der Waals surface area contributed by atoms with Crippen LogP contribution in [0.3, 0.4) is 0 Å². The lowest BCUT2D eigenvalue weighted by atomic mass is 9.88. The van der Waals surface area contributed by atoms with Crippen LogP contribution in [0, 0.1) is 0 Å². The zero-order valence-corrected chi connectivity index (χ0v) is 12.4. The number of hydrogen-bond donors (Lipinski definition) is 2. The summed E-state index contributed by atoms with van der Waals surface area (Å²) < 4.78 is 4.95. The second-order valence-electron chi connectivity index (χ2n) is 4.16. The van der Waals surface area contributed by atoms with E-state index >= 15 is 0 Å². The summed E-state index contributed by atoms with van der Waals surface area (Å²) in [4.78, 5) is 4.15. The Morgan fingerprint density at radius 3 is 2.74 bits per heavy atom. The number of aromatic nitrogens is 2. The van der Waals surface area contributed by atoms with Crippen LogP contribution < -0.4 is 5.32 Å². The van der Waals surface area contributed by atoms with E-state index in [1.165, 1.54) is 11.5 Å². The maximum absolute atomic E-state index is 9.79. The molecule has 1 unspecified atom stereocenters. The van der Waals surface area contributed by atoms with Crippen molar-refractivity contribution in [2.24, 2.45) is 0 Å². The van der Waals surface area contributed by atoms with E-state index in [2.05, 4.69) is 14.7 Å². The Bertz CT molecular complexity index is 472. The maximum Gasteiger partial charge on any atom is 0.169 e. The molecule has 4 nitrogen and oxygen atoms in total. The normalized spacial score (nSPS) is 14.2. The SMILES string of the molecule is CNC(CO)(CCSc1ncns1)c1ccccc1. The molecule has 2 rings (SSSR count). The molecule has 1 atom stereocenters. The fraction of sp³-hybridized carbons (Fsp3) is 0.385. The topological polar surface area (TPSA) is 58.0 Å². The highest BCUT2D eigenvalue weighted by molar-refractivity contribution is 8.00. The highest BCUT2D eigenvalue weighted by Crippen LogP contribution is 2.28. The van der Waals surface area contributed by atoms with Gasteiger partial charge in [-0.3, -0.25) is 0 Å². The van der Waals surface area contributed by atoms with E-state index in [4.69, 9.17) is 0 Å². The van der Waals surface area contributed by atoms with Gasteiger partial charge in [0.05, 0.1) is 12.1 Å². The van der Waals surface area contributed by atoms with Gasteiger partial charge in [0.15, 0.2) is 4.34 Å². The number of nitrogens with zero attached hydrogens (tertiary/aromatic N) is 2. The van der Waals surface area contributed by atoms with E-state index < -0.39 is 0 Å². The highest BCUT2D eigenvalue weighted by atomic mass is 32.2. The molecule has 2 aromatic rings. The molecule has 1 aromatic heterocycles. The second-order valence-corrected chi connectivity index (χ2v) is 6.28. The molecule has 0 saturated heterocycles. The van der Waals surface area contributed by atoms with Gasteiger partial charge in [0.25, 0.3) is 0 Å². The molecule has 0 bridgehead atoms. The standard InChI is InChI=1S/C13H17N3OS2/c1-14-13(9-17,11-5-3-2-4-6-11)7-8-18-12-15-10-16-19-12/h2-6,10,14,17H,7-9H2,1H3. The summed E-state index contributed by atoms with van der Waals surface area (Å²) in [6.45, 7) is 0.0736. The van der Waals surface area contributed by atoms with Crippen LogP contribution in [0.4, 0.5) is 0 Å². The molecule has 0 amide bonds. The Kier molecular flexibility index (Phi) is 5.33. The van der Waals surface area contributed by atoms with Gasteiger partial charge in [-0.1, -0.05) is 42.1 Å². The van der Waals surface area contributed by atoms with Gasteiger partial charge in [0.2, 0.25) is 0 Å². The van der Waals surface area contributed by atoms with E-state index in [0.29, 0.717) is 0 Å². The van der Waals surface area contributed by atoms with Crippen LogP contribution in [-0.4, -0.2) is 33.9 Å². The predicted molar refractivity (Wildman–Crippen MR) is 79.5 cm³/mol. The molecule has 102 valence electrons. The first-order valence-electron chi connectivity index (χ1n) is 6.05. The molecule has 2 N–H and O–H groups in total. The van der Waals surface area contributed by atoms with E-state index in [1.807, 2.05) is 37.4 Å². The molecule has 0 aliphatic rings. The van der Waals surface area contributed by atoms with Crippen LogP contribution in [0.2, 0.25) is 0 Å². The third-order valence-electron chi connectivity index (χ3n) is 3.17. The minimum absolute atomic E-state index is 0.0736. The summed E-state index contributed by atoms with van der Waals surface area (Å²) in [5.74, 6) is 0.880. The smallest absolute Gasteiger partial charge is 0.169 e. The number of hydrogen-bond acceptors (Lipinski definition) is 6. The number of thioether (sulfide) groups is 1. The fourth-order valence-corrected chi connectivity index (χ4v) is 3.57. The summed E-state index contributed by atoms with van der Waals surface area (Å²) in [6.07, 6.45) is 2.40. The monoisotopic (exact) mass is 295 g/mol. The predicted octanol–water partition coefficient (Wildman–Crippen LogP) is 2.13. The van der Waals surface area contributed by atoms with E-state index in [0.717, 1.165) is 22.1 Å². The van der Waals surface area contributed by atoms with Gasteiger partial charge >= 0.3 is 0 Å². The Morgan fingerprint density at radius 2 is 2.16 bits per heavy atom. The number of likely N-dealkylation sites (N-methyl/N-ethyl adjacent to an activating group) is 1. The minimum Gasteiger partial charge on any atom is -0.394 e. The molecule has 1 heterocycles. The lowest BCUT2D eigenvalue weighted by Crippen LogP contribution is -2.44. The van der Waals surface area contributed by atoms with Crippen molar-refractivity contribution in [3.05, 3.63) is 42.2 Å². The van der Waals surface area contributed by atoms with Gasteiger partial charge in [-0.25, -0.2) is 4.98 Å². The van der Waals surface area contributed by atoms with Crippen molar-refractivity contribution in [1.82, 2.24) is 14.7 Å². The number of benzene rings is 1. The van der Waals surface area contributed by atoms with Crippen molar-refractivity contribution < 1.29 is 5.11 Å². The van der Waals surface area contributed by atoms with Crippen molar-refractivity contribution in [2.75, 3.05) is 19.4 Å². The Morgan fingerprint density at radius 1 is 1.37 bits per heavy atom. The first-order valence-corrected chi connectivity index (χ1v) is 7.81. The summed E-state index contributed by atoms with van der Waals surface area (Å²) in [5.41, 5.74) is 0.719. The second kappa shape index (κ2) is 7.00. The molecular weight excluding hydrogens is 278 g/mol. The summed E-state index contributed by atoms with van der Waals surface area (Å²) in [6, 6.07) is 10.1. The van der Waals surface area contributed by atoms with Crippen LogP contribution in [0.1, 0.15) is 12.0 Å². The molecule has 0 fully saturated rings. The molecule has 6 heteroatoms. The van der Waals surface area contributed by atoms with Gasteiger partial charge < -0.3 is 10.4 Å². The Hall–Kier alpha value is -0.950. The van der Waals surface area contributed by atoms with Gasteiger partial charge in [-0.05, 0) is 30.6 Å². The summed E-state index contributed by atoms with van der Waals surface area (Å²) in [5, 5.41) is 13.1. The maximum atomic E-state index is 9.79. The zero-order chi connectivity index (χ0) is 13.6. The molecule has 0 aliphatic carbocycles. The van der Waals surface area contributed by atoms with Crippen LogP contribution in [0.15, 0.2) is 41.0 Å². The van der Waals surface area contributed by atoms with Gasteiger partial charge in [0.1, 0.15) is 6.33 Å². The quantitative estimate of drug-likeness (QED) is 0.766. The largest absolute Gasteiger partial charge is 0.394 e. The van der Waals surface area contributed by atoms with Gasteiger partial charge in [-0.2, -0.15) is 4.37 Å².